The van der Waals surface area contributed by atoms with Crippen LogP contribution in [0.15, 0.2) is 53.6 Å². The number of nitro groups is 1. The third kappa shape index (κ3) is 2.48. The maximum Gasteiger partial charge on any atom is 0.282 e. The van der Waals surface area contributed by atoms with E-state index in [9.17, 15) is 19.7 Å². The molecule has 1 aliphatic rings. The molecule has 0 spiro atoms. The number of hydrogen-bond acceptors (Lipinski definition) is 5. The summed E-state index contributed by atoms with van der Waals surface area (Å²) < 4.78 is 0. The van der Waals surface area contributed by atoms with Crippen LogP contribution in [0.5, 0.6) is 0 Å². The number of rotatable bonds is 3. The van der Waals surface area contributed by atoms with Crippen LogP contribution in [-0.4, -0.2) is 27.5 Å². The van der Waals surface area contributed by atoms with Crippen molar-refractivity contribution >= 4 is 23.2 Å². The molecule has 0 radical (unpaired) electrons. The molecule has 1 aliphatic heterocycles. The van der Waals surface area contributed by atoms with E-state index in [4.69, 9.17) is 0 Å². The average molecular weight is 309 g/mol. The Morgan fingerprint density at radius 1 is 1.00 bits per heavy atom. The molecule has 1 heterocycles. The molecule has 3 rings (SSSR count). The van der Waals surface area contributed by atoms with Crippen molar-refractivity contribution in [2.24, 2.45) is 5.10 Å². The van der Waals surface area contributed by atoms with Crippen molar-refractivity contribution in [3.05, 3.63) is 75.3 Å². The van der Waals surface area contributed by atoms with Crippen LogP contribution >= 0.6 is 0 Å². The minimum atomic E-state index is -0.500. The fraction of sp³-hybridized carbons (Fsp3) is 0.0625. The number of benzene rings is 2. The maximum atomic E-state index is 12.2. The van der Waals surface area contributed by atoms with Gasteiger partial charge in [0.1, 0.15) is 0 Å². The zero-order valence-electron chi connectivity index (χ0n) is 12.1. The number of amides is 2. The first kappa shape index (κ1) is 14.6. The number of carbonyl (C=O) groups is 2. The molecule has 0 saturated carbocycles. The van der Waals surface area contributed by atoms with Gasteiger partial charge in [0.15, 0.2) is 0 Å². The van der Waals surface area contributed by atoms with Crippen molar-refractivity contribution in [3.8, 4) is 0 Å². The summed E-state index contributed by atoms with van der Waals surface area (Å²) >= 11 is 0. The Hall–Kier alpha value is -3.35. The topological polar surface area (TPSA) is 92.9 Å². The summed E-state index contributed by atoms with van der Waals surface area (Å²) in [6.07, 6.45) is 0. The van der Waals surface area contributed by atoms with E-state index in [2.05, 4.69) is 5.10 Å². The summed E-state index contributed by atoms with van der Waals surface area (Å²) in [5.74, 6) is -0.960. The average Bonchev–Trinajstić information content (AvgIpc) is 2.80. The van der Waals surface area contributed by atoms with Crippen LogP contribution < -0.4 is 0 Å². The summed E-state index contributed by atoms with van der Waals surface area (Å²) in [4.78, 5) is 34.6. The number of nitro benzene ring substituents is 1. The van der Waals surface area contributed by atoms with Crippen LogP contribution in [0.2, 0.25) is 0 Å². The lowest BCUT2D eigenvalue weighted by atomic mass is 10.1. The second-order valence-electron chi connectivity index (χ2n) is 4.96. The Balaban J connectivity index is 1.91. The second kappa shape index (κ2) is 5.45. The smallest absolute Gasteiger partial charge is 0.267 e. The fourth-order valence-electron chi connectivity index (χ4n) is 2.30. The second-order valence-corrected chi connectivity index (χ2v) is 4.96. The first-order chi connectivity index (χ1) is 11.0. The highest BCUT2D eigenvalue weighted by molar-refractivity contribution is 6.21. The van der Waals surface area contributed by atoms with Crippen molar-refractivity contribution < 1.29 is 14.5 Å². The molecule has 23 heavy (non-hydrogen) atoms. The van der Waals surface area contributed by atoms with Crippen molar-refractivity contribution in [3.63, 3.8) is 0 Å². The van der Waals surface area contributed by atoms with Gasteiger partial charge in [-0.2, -0.15) is 10.1 Å². The Kier molecular flexibility index (Phi) is 3.46. The Labute approximate surface area is 131 Å². The molecule has 0 aromatic heterocycles. The van der Waals surface area contributed by atoms with E-state index in [1.807, 2.05) is 0 Å². The number of non-ortho nitro benzene ring substituents is 1. The number of fused-ring (bicyclic) bond motifs is 1. The first-order valence-corrected chi connectivity index (χ1v) is 6.77. The van der Waals surface area contributed by atoms with E-state index < -0.39 is 16.7 Å². The number of hydrazone groups is 1. The van der Waals surface area contributed by atoms with Crippen LogP contribution in [0.3, 0.4) is 0 Å². The van der Waals surface area contributed by atoms with Crippen LogP contribution in [0.4, 0.5) is 5.69 Å². The molecule has 7 heteroatoms. The lowest BCUT2D eigenvalue weighted by Crippen LogP contribution is -2.25. The summed E-state index contributed by atoms with van der Waals surface area (Å²) in [7, 11) is 0. The Morgan fingerprint density at radius 3 is 2.00 bits per heavy atom. The minimum absolute atomic E-state index is 0.0396. The largest absolute Gasteiger partial charge is 0.282 e. The summed E-state index contributed by atoms with van der Waals surface area (Å²) in [6.45, 7) is 1.63. The lowest BCUT2D eigenvalue weighted by Gasteiger charge is -2.08. The first-order valence-electron chi connectivity index (χ1n) is 6.77. The van der Waals surface area contributed by atoms with Crippen LogP contribution in [-0.2, 0) is 0 Å². The van der Waals surface area contributed by atoms with E-state index >= 15 is 0 Å². The summed E-state index contributed by atoms with van der Waals surface area (Å²) in [5, 5.41) is 15.5. The van der Waals surface area contributed by atoms with Gasteiger partial charge in [-0.25, -0.2) is 0 Å². The third-order valence-electron chi connectivity index (χ3n) is 3.52. The quantitative estimate of drug-likeness (QED) is 0.377. The molecule has 0 aliphatic carbocycles. The van der Waals surface area contributed by atoms with E-state index in [0.717, 1.165) is 5.01 Å². The minimum Gasteiger partial charge on any atom is -0.267 e. The van der Waals surface area contributed by atoms with Gasteiger partial charge in [0.2, 0.25) is 0 Å². The standard InChI is InChI=1S/C16H11N3O4/c1-10(11-6-8-12(9-7-11)19(22)23)17-18-15(20)13-4-2-3-5-14(13)16(18)21/h2-9H,1H3/b17-10-. The molecule has 114 valence electrons. The maximum absolute atomic E-state index is 12.2. The van der Waals surface area contributed by atoms with Crippen LogP contribution in [0, 0.1) is 10.1 Å². The molecule has 0 unspecified atom stereocenters. The Morgan fingerprint density at radius 2 is 1.52 bits per heavy atom. The normalized spacial score (nSPS) is 14.1. The van der Waals surface area contributed by atoms with E-state index in [1.54, 1.807) is 31.2 Å². The predicted octanol–water partition coefficient (Wildman–Crippen LogP) is 2.62. The van der Waals surface area contributed by atoms with Gasteiger partial charge in [0, 0.05) is 12.1 Å². The van der Waals surface area contributed by atoms with Gasteiger partial charge in [-0.3, -0.25) is 19.7 Å². The van der Waals surface area contributed by atoms with Crippen molar-refractivity contribution in [2.75, 3.05) is 0 Å². The van der Waals surface area contributed by atoms with Gasteiger partial charge in [-0.1, -0.05) is 12.1 Å². The molecular weight excluding hydrogens is 298 g/mol. The van der Waals surface area contributed by atoms with Gasteiger partial charge in [-0.05, 0) is 36.8 Å². The molecule has 0 bridgehead atoms. The number of hydrogen-bond donors (Lipinski definition) is 0. The SMILES string of the molecule is C/C(=N/N1C(=O)c2ccccc2C1=O)c1ccc([N+](=O)[O-])cc1. The van der Waals surface area contributed by atoms with E-state index in [-0.39, 0.29) is 5.69 Å². The van der Waals surface area contributed by atoms with Crippen molar-refractivity contribution in [1.82, 2.24) is 5.01 Å². The third-order valence-corrected chi connectivity index (χ3v) is 3.52. The molecule has 2 aromatic carbocycles. The number of imide groups is 1. The van der Waals surface area contributed by atoms with Crippen LogP contribution in [0.1, 0.15) is 33.2 Å². The van der Waals surface area contributed by atoms with Gasteiger partial charge in [-0.15, -0.1) is 0 Å². The highest BCUT2D eigenvalue weighted by atomic mass is 16.6. The highest BCUT2D eigenvalue weighted by Gasteiger charge is 2.35. The molecule has 7 nitrogen and oxygen atoms in total. The fourth-order valence-corrected chi connectivity index (χ4v) is 2.30. The molecule has 0 fully saturated rings. The molecule has 2 amide bonds. The molecule has 0 atom stereocenters. The van der Waals surface area contributed by atoms with E-state index in [1.165, 1.54) is 24.3 Å². The monoisotopic (exact) mass is 309 g/mol. The molecule has 2 aromatic rings. The summed E-state index contributed by atoms with van der Waals surface area (Å²) in [6, 6.07) is 12.2. The van der Waals surface area contributed by atoms with Crippen LogP contribution in [0.25, 0.3) is 0 Å². The molecular formula is C16H11N3O4. The summed E-state index contributed by atoms with van der Waals surface area (Å²) in [5.41, 5.74) is 1.60. The van der Waals surface area contributed by atoms with Gasteiger partial charge in [0.05, 0.1) is 21.8 Å². The highest BCUT2D eigenvalue weighted by Crippen LogP contribution is 2.23. The predicted molar refractivity (Wildman–Crippen MR) is 82.2 cm³/mol. The number of nitrogens with zero attached hydrogens (tertiary/aromatic N) is 3. The number of carbonyl (C=O) groups excluding carboxylic acids is 2. The zero-order valence-corrected chi connectivity index (χ0v) is 12.1. The Bertz CT molecular complexity index is 821. The molecule has 0 saturated heterocycles. The zero-order chi connectivity index (χ0) is 16.6. The molecule has 0 N–H and O–H groups in total. The lowest BCUT2D eigenvalue weighted by molar-refractivity contribution is -0.384. The van der Waals surface area contributed by atoms with Gasteiger partial charge < -0.3 is 0 Å². The van der Waals surface area contributed by atoms with E-state index in [0.29, 0.717) is 22.4 Å². The van der Waals surface area contributed by atoms with Crippen molar-refractivity contribution in [2.45, 2.75) is 6.92 Å². The van der Waals surface area contributed by atoms with Gasteiger partial charge >= 0.3 is 0 Å². The van der Waals surface area contributed by atoms with Crippen molar-refractivity contribution in [1.29, 1.82) is 0 Å². The van der Waals surface area contributed by atoms with Gasteiger partial charge in [0.25, 0.3) is 17.5 Å².